The average molecular weight is 445 g/mol. The largest absolute Gasteiger partial charge is 0.330 e. The van der Waals surface area contributed by atoms with E-state index in [4.69, 9.17) is 0 Å². The summed E-state index contributed by atoms with van der Waals surface area (Å²) in [4.78, 5) is 20.2. The molecule has 0 aliphatic heterocycles. The first-order valence-electron chi connectivity index (χ1n) is 11.1. The molecule has 7 heteroatoms. The van der Waals surface area contributed by atoms with E-state index < -0.39 is 0 Å². The number of allylic oxidation sites excluding steroid dienone is 9. The van der Waals surface area contributed by atoms with Crippen molar-refractivity contribution < 1.29 is 4.79 Å². The first kappa shape index (κ1) is 24.0. The summed E-state index contributed by atoms with van der Waals surface area (Å²) in [7, 11) is 0. The van der Waals surface area contributed by atoms with Gasteiger partial charge in [0.15, 0.2) is 0 Å². The van der Waals surface area contributed by atoms with Crippen LogP contribution in [0.5, 0.6) is 0 Å². The Kier molecular flexibility index (Phi) is 7.87. The van der Waals surface area contributed by atoms with E-state index in [1.807, 2.05) is 43.9 Å². The van der Waals surface area contributed by atoms with E-state index in [-0.39, 0.29) is 17.3 Å². The van der Waals surface area contributed by atoms with E-state index in [1.54, 1.807) is 0 Å². The molecule has 172 valence electrons. The molecule has 3 rings (SSSR count). The van der Waals surface area contributed by atoms with Gasteiger partial charge in [-0.2, -0.15) is 5.10 Å². The minimum Gasteiger partial charge on any atom is -0.330 e. The predicted octanol–water partition coefficient (Wildman–Crippen LogP) is 5.39. The second-order valence-corrected chi connectivity index (χ2v) is 8.99. The van der Waals surface area contributed by atoms with Crippen LogP contribution >= 0.6 is 0 Å². The molecule has 1 aliphatic rings. The third-order valence-electron chi connectivity index (χ3n) is 5.89. The Morgan fingerprint density at radius 1 is 1.18 bits per heavy atom. The number of nitrogens with one attached hydrogen (secondary N) is 1. The molecule has 0 saturated heterocycles. The molecule has 1 aliphatic carbocycles. The van der Waals surface area contributed by atoms with Crippen molar-refractivity contribution in [3.63, 3.8) is 0 Å². The SMILES string of the molecule is CC(C=CC1=C(C)C(n2ccnc2)CCC1(C)C)=CC=CC(C)=CC(=O)Nc1nccnn1. The summed E-state index contributed by atoms with van der Waals surface area (Å²) in [5.41, 5.74) is 4.87. The number of anilines is 1. The highest BCUT2D eigenvalue weighted by Gasteiger charge is 2.32. The summed E-state index contributed by atoms with van der Waals surface area (Å²) >= 11 is 0. The van der Waals surface area contributed by atoms with Crippen LogP contribution in [-0.2, 0) is 4.79 Å². The molecule has 0 spiro atoms. The Bertz CT molecular complexity index is 1100. The minimum absolute atomic E-state index is 0.137. The Morgan fingerprint density at radius 3 is 2.70 bits per heavy atom. The number of carbonyl (C=O) groups is 1. The lowest BCUT2D eigenvalue weighted by atomic mass is 9.71. The summed E-state index contributed by atoms with van der Waals surface area (Å²) in [5.74, 6) is -0.109. The van der Waals surface area contributed by atoms with Crippen molar-refractivity contribution in [1.29, 1.82) is 0 Å². The van der Waals surface area contributed by atoms with E-state index >= 15 is 0 Å². The van der Waals surface area contributed by atoms with Crippen LogP contribution < -0.4 is 5.32 Å². The fraction of sp³-hybridized carbons (Fsp3) is 0.346. The lowest BCUT2D eigenvalue weighted by Crippen LogP contribution is -2.25. The molecule has 0 bridgehead atoms. The van der Waals surface area contributed by atoms with Gasteiger partial charge < -0.3 is 4.57 Å². The molecule has 1 atom stereocenters. The molecule has 1 unspecified atom stereocenters. The van der Waals surface area contributed by atoms with Gasteiger partial charge in [-0.25, -0.2) is 9.97 Å². The highest BCUT2D eigenvalue weighted by Crippen LogP contribution is 2.45. The summed E-state index contributed by atoms with van der Waals surface area (Å²) in [6.07, 6.45) is 22.8. The third-order valence-corrected chi connectivity index (χ3v) is 5.89. The van der Waals surface area contributed by atoms with Gasteiger partial charge in [0.1, 0.15) is 0 Å². The molecule has 0 aromatic carbocycles. The van der Waals surface area contributed by atoms with E-state index in [0.29, 0.717) is 6.04 Å². The van der Waals surface area contributed by atoms with E-state index in [1.165, 1.54) is 29.6 Å². The molecule has 2 aromatic rings. The monoisotopic (exact) mass is 444 g/mol. The van der Waals surface area contributed by atoms with Gasteiger partial charge in [0.2, 0.25) is 5.95 Å². The van der Waals surface area contributed by atoms with Gasteiger partial charge in [-0.15, -0.1) is 5.10 Å². The standard InChI is InChI=1S/C26H32N6O/c1-19(7-6-8-20(2)17-24(33)30-25-28-13-14-29-31-25)9-10-22-21(3)23(11-12-26(22,4)5)32-16-15-27-18-32/h6-10,13-18,23H,11-12H2,1-5H3,(H,28,30,31,33). The molecule has 33 heavy (non-hydrogen) atoms. The first-order chi connectivity index (χ1) is 15.8. The Labute approximate surface area is 195 Å². The van der Waals surface area contributed by atoms with Crippen LogP contribution in [0.15, 0.2) is 89.9 Å². The van der Waals surface area contributed by atoms with E-state index in [0.717, 1.165) is 24.0 Å². The molecule has 1 amide bonds. The molecule has 2 aromatic heterocycles. The number of carbonyl (C=O) groups excluding carboxylic acids is 1. The van der Waals surface area contributed by atoms with Crippen LogP contribution in [0, 0.1) is 5.41 Å². The van der Waals surface area contributed by atoms with E-state index in [2.05, 4.69) is 69.9 Å². The van der Waals surface area contributed by atoms with Crippen molar-refractivity contribution in [2.45, 2.75) is 53.5 Å². The molecule has 2 heterocycles. The summed E-state index contributed by atoms with van der Waals surface area (Å²) in [6.45, 7) is 10.8. The average Bonchev–Trinajstić information content (AvgIpc) is 3.28. The van der Waals surface area contributed by atoms with Gasteiger partial charge in [-0.05, 0) is 55.7 Å². The Hall–Kier alpha value is -3.61. The fourth-order valence-corrected chi connectivity index (χ4v) is 4.07. The topological polar surface area (TPSA) is 85.6 Å². The van der Waals surface area contributed by atoms with Crippen molar-refractivity contribution >= 4 is 11.9 Å². The highest BCUT2D eigenvalue weighted by atomic mass is 16.1. The zero-order valence-electron chi connectivity index (χ0n) is 20.0. The molecule has 0 radical (unpaired) electrons. The highest BCUT2D eigenvalue weighted by molar-refractivity contribution is 5.98. The van der Waals surface area contributed by atoms with Gasteiger partial charge in [0.25, 0.3) is 5.91 Å². The molecule has 1 N–H and O–H groups in total. The zero-order chi connectivity index (χ0) is 23.8. The smallest absolute Gasteiger partial charge is 0.251 e. The second-order valence-electron chi connectivity index (χ2n) is 8.99. The van der Waals surface area contributed by atoms with Crippen LogP contribution in [0.3, 0.4) is 0 Å². The molecule has 0 saturated carbocycles. The quantitative estimate of drug-likeness (QED) is 0.457. The molecular formula is C26H32N6O. The molecular weight excluding hydrogens is 412 g/mol. The van der Waals surface area contributed by atoms with Crippen LogP contribution in [0.25, 0.3) is 0 Å². The van der Waals surface area contributed by atoms with Gasteiger partial charge in [-0.3, -0.25) is 10.1 Å². The number of rotatable bonds is 7. The third kappa shape index (κ3) is 6.68. The van der Waals surface area contributed by atoms with Gasteiger partial charge >= 0.3 is 0 Å². The Balaban J connectivity index is 1.66. The second kappa shape index (κ2) is 10.8. The number of amides is 1. The lowest BCUT2D eigenvalue weighted by molar-refractivity contribution is -0.112. The number of aromatic nitrogens is 5. The minimum atomic E-state index is -0.292. The van der Waals surface area contributed by atoms with Crippen molar-refractivity contribution in [3.05, 3.63) is 89.9 Å². The van der Waals surface area contributed by atoms with Crippen molar-refractivity contribution in [2.75, 3.05) is 5.32 Å². The van der Waals surface area contributed by atoms with Crippen LogP contribution in [0.1, 0.15) is 53.5 Å². The van der Waals surface area contributed by atoms with Gasteiger partial charge in [0.05, 0.1) is 24.8 Å². The normalized spacial score (nSPS) is 19.5. The van der Waals surface area contributed by atoms with Crippen LogP contribution in [0.4, 0.5) is 5.95 Å². The maximum atomic E-state index is 12.0. The van der Waals surface area contributed by atoms with E-state index in [9.17, 15) is 4.79 Å². The van der Waals surface area contributed by atoms with Crippen LogP contribution in [-0.4, -0.2) is 30.6 Å². The van der Waals surface area contributed by atoms with Crippen molar-refractivity contribution in [1.82, 2.24) is 24.7 Å². The maximum Gasteiger partial charge on any atom is 0.251 e. The predicted molar refractivity (Wildman–Crippen MR) is 131 cm³/mol. The van der Waals surface area contributed by atoms with Crippen LogP contribution in [0.2, 0.25) is 0 Å². The number of hydrogen-bond acceptors (Lipinski definition) is 5. The van der Waals surface area contributed by atoms with Crippen molar-refractivity contribution in [2.24, 2.45) is 5.41 Å². The summed E-state index contributed by atoms with van der Waals surface area (Å²) in [5, 5.41) is 10.0. The fourth-order valence-electron chi connectivity index (χ4n) is 4.07. The van der Waals surface area contributed by atoms with Crippen molar-refractivity contribution in [3.8, 4) is 0 Å². The Morgan fingerprint density at radius 2 is 2.00 bits per heavy atom. The van der Waals surface area contributed by atoms with Gasteiger partial charge in [0, 0.05) is 18.5 Å². The number of hydrogen-bond donors (Lipinski definition) is 1. The van der Waals surface area contributed by atoms with Gasteiger partial charge in [-0.1, -0.05) is 49.8 Å². The number of nitrogens with zero attached hydrogens (tertiary/aromatic N) is 5. The zero-order valence-corrected chi connectivity index (χ0v) is 20.0. The first-order valence-corrected chi connectivity index (χ1v) is 11.1. The summed E-state index contributed by atoms with van der Waals surface area (Å²) < 4.78 is 2.20. The molecule has 0 fully saturated rings. The number of imidazole rings is 1. The lowest BCUT2D eigenvalue weighted by Gasteiger charge is -2.37. The summed E-state index contributed by atoms with van der Waals surface area (Å²) in [6, 6.07) is 0.361. The molecule has 7 nitrogen and oxygen atoms in total. The maximum absolute atomic E-state index is 12.0.